The molecule has 0 spiro atoms. The Kier molecular flexibility index (Phi) is 6.22. The van der Waals surface area contributed by atoms with E-state index in [0.29, 0.717) is 18.6 Å². The molecule has 0 saturated heterocycles. The Bertz CT molecular complexity index is 362. The number of nitrogens with one attached hydrogen (secondary N) is 1. The molecule has 0 aromatic heterocycles. The Hall–Kier alpha value is -1.55. The van der Waals surface area contributed by atoms with Crippen LogP contribution in [-0.4, -0.2) is 30.3 Å². The largest absolute Gasteiger partial charge is 0.494 e. The molecule has 1 unspecified atom stereocenters. The molecule has 4 heteroatoms. The average molecular weight is 251 g/mol. The van der Waals surface area contributed by atoms with E-state index < -0.39 is 0 Å². The fourth-order valence-electron chi connectivity index (χ4n) is 1.65. The number of hydrogen-bond donors (Lipinski definition) is 2. The highest BCUT2D eigenvalue weighted by Crippen LogP contribution is 2.12. The normalized spacial score (nSPS) is 11.9. The molecule has 1 aromatic rings. The minimum absolute atomic E-state index is 0.0659. The highest BCUT2D eigenvalue weighted by molar-refractivity contribution is 5.94. The zero-order valence-corrected chi connectivity index (χ0v) is 11.0. The van der Waals surface area contributed by atoms with Gasteiger partial charge in [0, 0.05) is 18.2 Å². The Morgan fingerprint density at radius 1 is 1.39 bits per heavy atom. The molecule has 0 aliphatic rings. The van der Waals surface area contributed by atoms with Gasteiger partial charge in [0.1, 0.15) is 5.75 Å². The minimum atomic E-state index is -0.0940. The van der Waals surface area contributed by atoms with Crippen LogP contribution in [0.15, 0.2) is 24.3 Å². The first-order valence-electron chi connectivity index (χ1n) is 6.32. The molecular formula is C14H21NO3. The third-order valence-electron chi connectivity index (χ3n) is 2.60. The average Bonchev–Trinajstić information content (AvgIpc) is 2.37. The Labute approximate surface area is 108 Å². The van der Waals surface area contributed by atoms with Crippen LogP contribution in [-0.2, 0) is 0 Å². The number of ether oxygens (including phenoxy) is 1. The van der Waals surface area contributed by atoms with Crippen LogP contribution in [0.1, 0.15) is 37.0 Å². The van der Waals surface area contributed by atoms with Crippen molar-refractivity contribution in [3.63, 3.8) is 0 Å². The van der Waals surface area contributed by atoms with E-state index in [-0.39, 0.29) is 18.6 Å². The van der Waals surface area contributed by atoms with Crippen molar-refractivity contribution >= 4 is 5.91 Å². The van der Waals surface area contributed by atoms with Crippen LogP contribution in [0.3, 0.4) is 0 Å². The molecule has 0 radical (unpaired) electrons. The number of amides is 1. The van der Waals surface area contributed by atoms with E-state index in [1.165, 1.54) is 0 Å². The second-order valence-electron chi connectivity index (χ2n) is 4.20. The first-order chi connectivity index (χ1) is 8.67. The summed E-state index contributed by atoms with van der Waals surface area (Å²) in [6.07, 6.45) is 1.48. The summed E-state index contributed by atoms with van der Waals surface area (Å²) in [7, 11) is 0. The Morgan fingerprint density at radius 2 is 2.06 bits per heavy atom. The molecule has 0 heterocycles. The lowest BCUT2D eigenvalue weighted by Crippen LogP contribution is -2.32. The van der Waals surface area contributed by atoms with Gasteiger partial charge in [0.15, 0.2) is 0 Å². The van der Waals surface area contributed by atoms with Gasteiger partial charge in [-0.1, -0.05) is 0 Å². The summed E-state index contributed by atoms with van der Waals surface area (Å²) in [5, 5.41) is 11.6. The van der Waals surface area contributed by atoms with E-state index in [2.05, 4.69) is 5.32 Å². The lowest BCUT2D eigenvalue weighted by atomic mass is 10.1. The fourth-order valence-corrected chi connectivity index (χ4v) is 1.65. The monoisotopic (exact) mass is 251 g/mol. The predicted molar refractivity (Wildman–Crippen MR) is 70.9 cm³/mol. The first-order valence-corrected chi connectivity index (χ1v) is 6.32. The number of hydrogen-bond acceptors (Lipinski definition) is 3. The molecular weight excluding hydrogens is 230 g/mol. The maximum atomic E-state index is 11.9. The maximum absolute atomic E-state index is 11.9. The third-order valence-corrected chi connectivity index (χ3v) is 2.60. The minimum Gasteiger partial charge on any atom is -0.494 e. The lowest BCUT2D eigenvalue weighted by molar-refractivity contribution is 0.0936. The molecule has 0 saturated carbocycles. The van der Waals surface area contributed by atoms with Crippen LogP contribution in [0.25, 0.3) is 0 Å². The van der Waals surface area contributed by atoms with E-state index in [0.717, 1.165) is 12.2 Å². The van der Waals surface area contributed by atoms with Gasteiger partial charge in [0.25, 0.3) is 5.91 Å². The number of rotatable bonds is 7. The van der Waals surface area contributed by atoms with Crippen LogP contribution in [0.4, 0.5) is 0 Å². The molecule has 4 nitrogen and oxygen atoms in total. The van der Waals surface area contributed by atoms with Crippen molar-refractivity contribution in [3.8, 4) is 5.75 Å². The molecule has 1 atom stereocenters. The highest BCUT2D eigenvalue weighted by atomic mass is 16.5. The number of carbonyl (C=O) groups is 1. The van der Waals surface area contributed by atoms with E-state index >= 15 is 0 Å². The van der Waals surface area contributed by atoms with E-state index in [4.69, 9.17) is 9.84 Å². The van der Waals surface area contributed by atoms with Gasteiger partial charge in [-0.3, -0.25) is 4.79 Å². The summed E-state index contributed by atoms with van der Waals surface area (Å²) in [4.78, 5) is 11.9. The smallest absolute Gasteiger partial charge is 0.251 e. The topological polar surface area (TPSA) is 58.6 Å². The number of benzene rings is 1. The molecule has 0 fully saturated rings. The second-order valence-corrected chi connectivity index (χ2v) is 4.20. The quantitative estimate of drug-likeness (QED) is 0.779. The molecule has 1 aromatic carbocycles. The van der Waals surface area contributed by atoms with Gasteiger partial charge in [-0.2, -0.15) is 0 Å². The fraction of sp³-hybridized carbons (Fsp3) is 0.500. The van der Waals surface area contributed by atoms with Crippen molar-refractivity contribution < 1.29 is 14.6 Å². The zero-order valence-electron chi connectivity index (χ0n) is 11.0. The summed E-state index contributed by atoms with van der Waals surface area (Å²) >= 11 is 0. The third kappa shape index (κ3) is 4.75. The van der Waals surface area contributed by atoms with Crippen molar-refractivity contribution in [3.05, 3.63) is 29.8 Å². The summed E-state index contributed by atoms with van der Waals surface area (Å²) in [5.41, 5.74) is 0.620. The van der Waals surface area contributed by atoms with Gasteiger partial charge >= 0.3 is 0 Å². The van der Waals surface area contributed by atoms with Gasteiger partial charge in [-0.15, -0.1) is 0 Å². The van der Waals surface area contributed by atoms with Crippen LogP contribution in [0.2, 0.25) is 0 Å². The van der Waals surface area contributed by atoms with E-state index in [1.807, 2.05) is 13.8 Å². The molecule has 1 rings (SSSR count). The number of aliphatic hydroxyl groups excluding tert-OH is 1. The van der Waals surface area contributed by atoms with E-state index in [9.17, 15) is 4.79 Å². The molecule has 2 N–H and O–H groups in total. The maximum Gasteiger partial charge on any atom is 0.251 e. The van der Waals surface area contributed by atoms with Gasteiger partial charge in [-0.05, 0) is 51.0 Å². The Morgan fingerprint density at radius 3 is 2.61 bits per heavy atom. The van der Waals surface area contributed by atoms with Crippen LogP contribution in [0.5, 0.6) is 5.75 Å². The number of carbonyl (C=O) groups excluding carboxylic acids is 1. The second kappa shape index (κ2) is 7.71. The van der Waals surface area contributed by atoms with Crippen molar-refractivity contribution in [2.24, 2.45) is 0 Å². The van der Waals surface area contributed by atoms with Crippen molar-refractivity contribution in [1.29, 1.82) is 0 Å². The molecule has 1 amide bonds. The first kappa shape index (κ1) is 14.5. The zero-order chi connectivity index (χ0) is 13.4. The molecule has 18 heavy (non-hydrogen) atoms. The SMILES string of the molecule is CCOc1ccc(C(=O)NC(C)CCCO)cc1. The molecule has 0 aliphatic heterocycles. The van der Waals surface area contributed by atoms with Gasteiger partial charge < -0.3 is 15.2 Å². The van der Waals surface area contributed by atoms with Crippen molar-refractivity contribution in [2.75, 3.05) is 13.2 Å². The summed E-state index contributed by atoms with van der Waals surface area (Å²) in [6, 6.07) is 7.14. The van der Waals surface area contributed by atoms with Crippen LogP contribution < -0.4 is 10.1 Å². The van der Waals surface area contributed by atoms with Crippen LogP contribution in [0, 0.1) is 0 Å². The molecule has 0 aliphatic carbocycles. The van der Waals surface area contributed by atoms with Gasteiger partial charge in [0.05, 0.1) is 6.61 Å². The molecule has 100 valence electrons. The standard InChI is InChI=1S/C14H21NO3/c1-3-18-13-8-6-12(7-9-13)14(17)15-11(2)5-4-10-16/h6-9,11,16H,3-5,10H2,1-2H3,(H,15,17). The lowest BCUT2D eigenvalue weighted by Gasteiger charge is -2.13. The number of aliphatic hydroxyl groups is 1. The van der Waals surface area contributed by atoms with Gasteiger partial charge in [-0.25, -0.2) is 0 Å². The predicted octanol–water partition coefficient (Wildman–Crippen LogP) is 1.98. The summed E-state index contributed by atoms with van der Waals surface area (Å²) in [6.45, 7) is 4.62. The highest BCUT2D eigenvalue weighted by Gasteiger charge is 2.09. The van der Waals surface area contributed by atoms with E-state index in [1.54, 1.807) is 24.3 Å². The van der Waals surface area contributed by atoms with Crippen LogP contribution >= 0.6 is 0 Å². The Balaban J connectivity index is 2.50. The van der Waals surface area contributed by atoms with Crippen molar-refractivity contribution in [1.82, 2.24) is 5.32 Å². The molecule has 0 bridgehead atoms. The van der Waals surface area contributed by atoms with Gasteiger partial charge in [0.2, 0.25) is 0 Å². The summed E-state index contributed by atoms with van der Waals surface area (Å²) < 4.78 is 5.32. The van der Waals surface area contributed by atoms with Crippen molar-refractivity contribution in [2.45, 2.75) is 32.7 Å². The summed E-state index contributed by atoms with van der Waals surface area (Å²) in [5.74, 6) is 0.672.